The van der Waals surface area contributed by atoms with Crippen molar-refractivity contribution in [3.8, 4) is 0 Å². The first-order chi connectivity index (χ1) is 9.10. The highest BCUT2D eigenvalue weighted by Crippen LogP contribution is 2.15. The molecule has 0 saturated heterocycles. The lowest BCUT2D eigenvalue weighted by Gasteiger charge is -2.04. The van der Waals surface area contributed by atoms with E-state index >= 15 is 0 Å². The van der Waals surface area contributed by atoms with E-state index in [0.717, 1.165) is 29.3 Å². The second kappa shape index (κ2) is 5.69. The van der Waals surface area contributed by atoms with Crippen LogP contribution < -0.4 is 5.56 Å². The Hall–Kier alpha value is -2.10. The summed E-state index contributed by atoms with van der Waals surface area (Å²) in [6, 6.07) is 7.82. The van der Waals surface area contributed by atoms with Gasteiger partial charge in [0.1, 0.15) is 0 Å². The van der Waals surface area contributed by atoms with Gasteiger partial charge in [0.2, 0.25) is 0 Å². The molecule has 0 spiro atoms. The molecule has 4 nitrogen and oxygen atoms in total. The lowest BCUT2D eigenvalue weighted by atomic mass is 10.0. The summed E-state index contributed by atoms with van der Waals surface area (Å²) in [4.78, 5) is 25.4. The number of hydrogen-bond acceptors (Lipinski definition) is 3. The van der Waals surface area contributed by atoms with Gasteiger partial charge in [0.15, 0.2) is 0 Å². The number of aromatic amines is 1. The molecule has 0 aliphatic carbocycles. The fourth-order valence-electron chi connectivity index (χ4n) is 2.06. The number of esters is 1. The summed E-state index contributed by atoms with van der Waals surface area (Å²) < 4.78 is 4.61. The Labute approximate surface area is 111 Å². The Bertz CT molecular complexity index is 658. The molecule has 1 aromatic carbocycles. The third-order valence-electron chi connectivity index (χ3n) is 3.17. The van der Waals surface area contributed by atoms with Crippen LogP contribution >= 0.6 is 0 Å². The standard InChI is InChI=1S/C15H17NO3/c1-10-8-12-9-11(4-3-5-14(17)19-2)6-7-13(12)16-15(10)18/h6-9H,3-5H2,1-2H3,(H,16,18). The van der Waals surface area contributed by atoms with Gasteiger partial charge in [-0.15, -0.1) is 0 Å². The quantitative estimate of drug-likeness (QED) is 0.857. The van der Waals surface area contributed by atoms with Gasteiger partial charge in [0, 0.05) is 17.5 Å². The van der Waals surface area contributed by atoms with Crippen LogP contribution in [-0.2, 0) is 16.0 Å². The lowest BCUT2D eigenvalue weighted by molar-refractivity contribution is -0.140. The van der Waals surface area contributed by atoms with E-state index < -0.39 is 0 Å². The maximum atomic E-state index is 11.5. The molecule has 0 bridgehead atoms. The second-order valence-corrected chi connectivity index (χ2v) is 4.63. The van der Waals surface area contributed by atoms with Crippen LogP contribution in [0.25, 0.3) is 10.9 Å². The smallest absolute Gasteiger partial charge is 0.305 e. The number of pyridine rings is 1. The van der Waals surface area contributed by atoms with Crippen LogP contribution in [-0.4, -0.2) is 18.1 Å². The molecule has 0 saturated carbocycles. The van der Waals surface area contributed by atoms with E-state index in [4.69, 9.17) is 0 Å². The first-order valence-electron chi connectivity index (χ1n) is 6.29. The number of hydrogen-bond donors (Lipinski definition) is 1. The number of nitrogens with one attached hydrogen (secondary N) is 1. The summed E-state index contributed by atoms with van der Waals surface area (Å²) >= 11 is 0. The van der Waals surface area contributed by atoms with Crippen molar-refractivity contribution in [2.75, 3.05) is 7.11 Å². The monoisotopic (exact) mass is 259 g/mol. The zero-order valence-electron chi connectivity index (χ0n) is 11.2. The number of benzene rings is 1. The minimum Gasteiger partial charge on any atom is -0.469 e. The number of aryl methyl sites for hydroxylation is 2. The normalized spacial score (nSPS) is 10.6. The highest BCUT2D eigenvalue weighted by molar-refractivity contribution is 5.79. The van der Waals surface area contributed by atoms with Crippen LogP contribution in [0.3, 0.4) is 0 Å². The van der Waals surface area contributed by atoms with Gasteiger partial charge in [-0.1, -0.05) is 6.07 Å². The van der Waals surface area contributed by atoms with E-state index in [1.54, 1.807) is 6.92 Å². The van der Waals surface area contributed by atoms with Gasteiger partial charge < -0.3 is 9.72 Å². The fraction of sp³-hybridized carbons (Fsp3) is 0.333. The molecule has 0 unspecified atom stereocenters. The molecule has 1 N–H and O–H groups in total. The highest BCUT2D eigenvalue weighted by Gasteiger charge is 2.03. The van der Waals surface area contributed by atoms with E-state index in [1.165, 1.54) is 7.11 Å². The molecule has 0 aliphatic rings. The van der Waals surface area contributed by atoms with Crippen molar-refractivity contribution in [3.63, 3.8) is 0 Å². The Kier molecular flexibility index (Phi) is 4.00. The predicted molar refractivity (Wildman–Crippen MR) is 74.3 cm³/mol. The van der Waals surface area contributed by atoms with E-state index in [1.807, 2.05) is 18.2 Å². The average molecular weight is 259 g/mol. The molecule has 0 radical (unpaired) electrons. The first-order valence-corrected chi connectivity index (χ1v) is 6.29. The molecule has 0 fully saturated rings. The molecular formula is C15H17NO3. The topological polar surface area (TPSA) is 59.2 Å². The summed E-state index contributed by atoms with van der Waals surface area (Å²) in [5, 5.41) is 1.02. The van der Waals surface area contributed by atoms with E-state index in [0.29, 0.717) is 12.0 Å². The number of rotatable bonds is 4. The van der Waals surface area contributed by atoms with Crippen molar-refractivity contribution < 1.29 is 9.53 Å². The minimum atomic E-state index is -0.180. The summed E-state index contributed by atoms with van der Waals surface area (Å²) in [5.41, 5.74) is 2.65. The van der Waals surface area contributed by atoms with Crippen molar-refractivity contribution in [1.29, 1.82) is 0 Å². The molecule has 0 aliphatic heterocycles. The molecule has 0 amide bonds. The van der Waals surface area contributed by atoms with E-state index in [2.05, 4.69) is 15.8 Å². The van der Waals surface area contributed by atoms with E-state index in [-0.39, 0.29) is 11.5 Å². The maximum Gasteiger partial charge on any atom is 0.305 e. The number of carbonyl (C=O) groups is 1. The third-order valence-corrected chi connectivity index (χ3v) is 3.17. The number of carbonyl (C=O) groups excluding carboxylic acids is 1. The molecule has 19 heavy (non-hydrogen) atoms. The maximum absolute atomic E-state index is 11.5. The van der Waals surface area contributed by atoms with Crippen molar-refractivity contribution in [3.05, 3.63) is 45.7 Å². The predicted octanol–water partition coefficient (Wildman–Crippen LogP) is 2.33. The third kappa shape index (κ3) is 3.22. The summed E-state index contributed by atoms with van der Waals surface area (Å²) in [7, 11) is 1.40. The number of methoxy groups -OCH3 is 1. The molecule has 100 valence electrons. The molecule has 2 rings (SSSR count). The molecular weight excluding hydrogens is 242 g/mol. The van der Waals surface area contributed by atoms with Gasteiger partial charge in [0.25, 0.3) is 5.56 Å². The lowest BCUT2D eigenvalue weighted by Crippen LogP contribution is -2.08. The van der Waals surface area contributed by atoms with Crippen molar-refractivity contribution in [1.82, 2.24) is 4.98 Å². The summed E-state index contributed by atoms with van der Waals surface area (Å²) in [6.45, 7) is 1.79. The van der Waals surface area contributed by atoms with Gasteiger partial charge in [-0.25, -0.2) is 0 Å². The highest BCUT2D eigenvalue weighted by atomic mass is 16.5. The summed E-state index contributed by atoms with van der Waals surface area (Å²) in [5.74, 6) is -0.180. The van der Waals surface area contributed by atoms with Crippen LogP contribution in [0.2, 0.25) is 0 Å². The zero-order valence-corrected chi connectivity index (χ0v) is 11.2. The van der Waals surface area contributed by atoms with Crippen LogP contribution in [0.1, 0.15) is 24.0 Å². The Morgan fingerprint density at radius 3 is 2.84 bits per heavy atom. The SMILES string of the molecule is COC(=O)CCCc1ccc2[nH]c(=O)c(C)cc2c1. The van der Waals surface area contributed by atoms with Gasteiger partial charge in [-0.05, 0) is 48.9 Å². The molecule has 0 atom stereocenters. The fourth-order valence-corrected chi connectivity index (χ4v) is 2.06. The molecule has 2 aromatic rings. The second-order valence-electron chi connectivity index (χ2n) is 4.63. The number of aromatic nitrogens is 1. The van der Waals surface area contributed by atoms with Gasteiger partial charge in [-0.2, -0.15) is 0 Å². The van der Waals surface area contributed by atoms with E-state index in [9.17, 15) is 9.59 Å². The van der Waals surface area contributed by atoms with Gasteiger partial charge >= 0.3 is 5.97 Å². The van der Waals surface area contributed by atoms with Gasteiger partial charge in [0.05, 0.1) is 7.11 Å². The van der Waals surface area contributed by atoms with Crippen molar-refractivity contribution >= 4 is 16.9 Å². The van der Waals surface area contributed by atoms with Crippen LogP contribution in [0.15, 0.2) is 29.1 Å². The molecule has 4 heteroatoms. The number of ether oxygens (including phenoxy) is 1. The first kappa shape index (κ1) is 13.3. The summed E-state index contributed by atoms with van der Waals surface area (Å²) in [6.07, 6.45) is 2.02. The Morgan fingerprint density at radius 1 is 1.32 bits per heavy atom. The number of H-pyrrole nitrogens is 1. The average Bonchev–Trinajstić information content (AvgIpc) is 2.40. The van der Waals surface area contributed by atoms with Crippen LogP contribution in [0.5, 0.6) is 0 Å². The molecule has 1 aromatic heterocycles. The van der Waals surface area contributed by atoms with Crippen molar-refractivity contribution in [2.45, 2.75) is 26.2 Å². The van der Waals surface area contributed by atoms with Crippen LogP contribution in [0, 0.1) is 6.92 Å². The Balaban J connectivity index is 2.15. The Morgan fingerprint density at radius 2 is 2.11 bits per heavy atom. The largest absolute Gasteiger partial charge is 0.469 e. The number of fused-ring (bicyclic) bond motifs is 1. The van der Waals surface area contributed by atoms with Crippen LogP contribution in [0.4, 0.5) is 0 Å². The molecule has 1 heterocycles. The van der Waals surface area contributed by atoms with Crippen molar-refractivity contribution in [2.24, 2.45) is 0 Å². The van der Waals surface area contributed by atoms with Gasteiger partial charge in [-0.3, -0.25) is 9.59 Å². The minimum absolute atomic E-state index is 0.0501. The zero-order chi connectivity index (χ0) is 13.8.